The van der Waals surface area contributed by atoms with Gasteiger partial charge >= 0.3 is 0 Å². The predicted molar refractivity (Wildman–Crippen MR) is 80.4 cm³/mol. The number of rotatable bonds is 7. The predicted octanol–water partition coefficient (Wildman–Crippen LogP) is 2.65. The second-order valence-electron chi connectivity index (χ2n) is 6.80. The van der Waals surface area contributed by atoms with Crippen LogP contribution in [0.3, 0.4) is 0 Å². The van der Waals surface area contributed by atoms with Crippen LogP contribution < -0.4 is 5.32 Å². The average Bonchev–Trinajstić information content (AvgIpc) is 3.14. The fourth-order valence-corrected chi connectivity index (χ4v) is 4.57. The first-order valence-electron chi connectivity index (χ1n) is 8.35. The molecule has 0 aliphatic heterocycles. The van der Waals surface area contributed by atoms with Gasteiger partial charge in [-0.05, 0) is 49.5 Å². The van der Waals surface area contributed by atoms with Crippen LogP contribution in [0, 0.1) is 17.3 Å². The van der Waals surface area contributed by atoms with E-state index in [1.807, 2.05) is 0 Å². The van der Waals surface area contributed by atoms with E-state index in [-0.39, 0.29) is 0 Å². The molecule has 2 saturated carbocycles. The Morgan fingerprint density at radius 2 is 2.30 bits per heavy atom. The Morgan fingerprint density at radius 3 is 2.95 bits per heavy atom. The van der Waals surface area contributed by atoms with E-state index in [4.69, 9.17) is 0 Å². The molecule has 0 radical (unpaired) electrons. The summed E-state index contributed by atoms with van der Waals surface area (Å²) in [6, 6.07) is 0. The third-order valence-electron chi connectivity index (χ3n) is 5.47. The standard InChI is InChI=1S/C16H28N4/c1-3-7-20-15(18-12-19-20)10-16(11-17-4-2)9-13-5-6-14(16)8-13/h12-14,17H,3-11H2,1-2H3. The maximum Gasteiger partial charge on any atom is 0.138 e. The first kappa shape index (κ1) is 14.1. The highest BCUT2D eigenvalue weighted by Gasteiger charge is 2.50. The van der Waals surface area contributed by atoms with E-state index in [1.165, 1.54) is 31.5 Å². The van der Waals surface area contributed by atoms with Gasteiger partial charge in [0, 0.05) is 19.5 Å². The van der Waals surface area contributed by atoms with Crippen LogP contribution in [0.1, 0.15) is 51.8 Å². The molecule has 1 aromatic rings. The van der Waals surface area contributed by atoms with Crippen molar-refractivity contribution < 1.29 is 0 Å². The molecule has 0 saturated heterocycles. The number of fused-ring (bicyclic) bond motifs is 2. The summed E-state index contributed by atoms with van der Waals surface area (Å²) in [5.74, 6) is 3.08. The van der Waals surface area contributed by atoms with E-state index in [1.54, 1.807) is 6.33 Å². The van der Waals surface area contributed by atoms with E-state index < -0.39 is 0 Å². The molecule has 3 rings (SSSR count). The number of aromatic nitrogens is 3. The molecule has 1 heterocycles. The molecule has 2 bridgehead atoms. The molecule has 1 aromatic heterocycles. The first-order chi connectivity index (χ1) is 9.77. The Balaban J connectivity index is 1.78. The van der Waals surface area contributed by atoms with Crippen molar-refractivity contribution in [2.24, 2.45) is 17.3 Å². The minimum absolute atomic E-state index is 0.442. The minimum Gasteiger partial charge on any atom is -0.316 e. The Hall–Kier alpha value is -0.900. The van der Waals surface area contributed by atoms with Gasteiger partial charge in [0.1, 0.15) is 12.2 Å². The summed E-state index contributed by atoms with van der Waals surface area (Å²) < 4.78 is 2.12. The second-order valence-corrected chi connectivity index (χ2v) is 6.80. The van der Waals surface area contributed by atoms with Gasteiger partial charge in [0.15, 0.2) is 0 Å². The molecule has 20 heavy (non-hydrogen) atoms. The molecule has 3 unspecified atom stereocenters. The van der Waals surface area contributed by atoms with Gasteiger partial charge in [0.05, 0.1) is 0 Å². The van der Waals surface area contributed by atoms with Crippen molar-refractivity contribution in [1.82, 2.24) is 20.1 Å². The average molecular weight is 276 g/mol. The van der Waals surface area contributed by atoms with E-state index in [0.717, 1.165) is 44.3 Å². The summed E-state index contributed by atoms with van der Waals surface area (Å²) in [6.07, 6.45) is 9.71. The molecule has 4 heteroatoms. The van der Waals surface area contributed by atoms with Crippen molar-refractivity contribution in [2.45, 2.75) is 58.9 Å². The molecule has 0 amide bonds. The molecule has 0 aromatic carbocycles. The smallest absolute Gasteiger partial charge is 0.138 e. The maximum absolute atomic E-state index is 4.56. The van der Waals surface area contributed by atoms with E-state index >= 15 is 0 Å². The first-order valence-corrected chi connectivity index (χ1v) is 8.35. The highest BCUT2D eigenvalue weighted by atomic mass is 15.3. The van der Waals surface area contributed by atoms with Crippen molar-refractivity contribution in [3.63, 3.8) is 0 Å². The van der Waals surface area contributed by atoms with Crippen LogP contribution in [0.5, 0.6) is 0 Å². The zero-order valence-electron chi connectivity index (χ0n) is 12.9. The SMILES string of the molecule is CCCn1ncnc1CC1(CNCC)CC2CCC1C2. The molecule has 3 atom stereocenters. The fraction of sp³-hybridized carbons (Fsp3) is 0.875. The number of nitrogens with zero attached hydrogens (tertiary/aromatic N) is 3. The van der Waals surface area contributed by atoms with Crippen molar-refractivity contribution in [1.29, 1.82) is 0 Å². The molecule has 1 N–H and O–H groups in total. The Morgan fingerprint density at radius 1 is 1.40 bits per heavy atom. The van der Waals surface area contributed by atoms with Crippen LogP contribution in [0.25, 0.3) is 0 Å². The maximum atomic E-state index is 4.56. The third kappa shape index (κ3) is 2.50. The largest absolute Gasteiger partial charge is 0.316 e. The summed E-state index contributed by atoms with van der Waals surface area (Å²) in [7, 11) is 0. The molecule has 4 nitrogen and oxygen atoms in total. The molecule has 2 aliphatic carbocycles. The molecule has 112 valence electrons. The van der Waals surface area contributed by atoms with E-state index in [2.05, 4.69) is 33.9 Å². The van der Waals surface area contributed by atoms with Crippen LogP contribution in [-0.2, 0) is 13.0 Å². The zero-order valence-corrected chi connectivity index (χ0v) is 12.9. The fourth-order valence-electron chi connectivity index (χ4n) is 4.57. The van der Waals surface area contributed by atoms with Crippen LogP contribution in [0.2, 0.25) is 0 Å². The van der Waals surface area contributed by atoms with Crippen LogP contribution in [0.4, 0.5) is 0 Å². The molecular weight excluding hydrogens is 248 g/mol. The van der Waals surface area contributed by atoms with Crippen molar-refractivity contribution >= 4 is 0 Å². The lowest BCUT2D eigenvalue weighted by Crippen LogP contribution is -2.41. The summed E-state index contributed by atoms with van der Waals surface area (Å²) in [6.45, 7) is 7.64. The third-order valence-corrected chi connectivity index (χ3v) is 5.47. The Kier molecular flexibility index (Phi) is 4.11. The van der Waals surface area contributed by atoms with Gasteiger partial charge in [-0.1, -0.05) is 20.3 Å². The van der Waals surface area contributed by atoms with Gasteiger partial charge in [-0.15, -0.1) is 0 Å². The van der Waals surface area contributed by atoms with Gasteiger partial charge in [-0.25, -0.2) is 4.98 Å². The van der Waals surface area contributed by atoms with Gasteiger partial charge in [-0.3, -0.25) is 4.68 Å². The highest BCUT2D eigenvalue weighted by molar-refractivity contribution is 5.06. The quantitative estimate of drug-likeness (QED) is 0.832. The number of hydrogen-bond donors (Lipinski definition) is 1. The van der Waals surface area contributed by atoms with Crippen molar-refractivity contribution in [3.05, 3.63) is 12.2 Å². The van der Waals surface area contributed by atoms with Gasteiger partial charge in [0.25, 0.3) is 0 Å². The Bertz CT molecular complexity index is 441. The highest BCUT2D eigenvalue weighted by Crippen LogP contribution is 2.56. The topological polar surface area (TPSA) is 42.7 Å². The van der Waals surface area contributed by atoms with Crippen LogP contribution >= 0.6 is 0 Å². The van der Waals surface area contributed by atoms with Crippen LogP contribution in [-0.4, -0.2) is 27.9 Å². The van der Waals surface area contributed by atoms with Crippen molar-refractivity contribution in [2.75, 3.05) is 13.1 Å². The minimum atomic E-state index is 0.442. The lowest BCUT2D eigenvalue weighted by Gasteiger charge is -2.38. The van der Waals surface area contributed by atoms with Gasteiger partial charge < -0.3 is 5.32 Å². The summed E-state index contributed by atoms with van der Waals surface area (Å²) in [5, 5.41) is 8.03. The van der Waals surface area contributed by atoms with E-state index in [0.29, 0.717) is 5.41 Å². The van der Waals surface area contributed by atoms with Crippen LogP contribution in [0.15, 0.2) is 6.33 Å². The molecule has 2 aliphatic rings. The summed E-state index contributed by atoms with van der Waals surface area (Å²) in [4.78, 5) is 4.56. The monoisotopic (exact) mass is 276 g/mol. The zero-order chi connectivity index (χ0) is 14.0. The number of nitrogens with one attached hydrogen (secondary N) is 1. The van der Waals surface area contributed by atoms with Gasteiger partial charge in [0.2, 0.25) is 0 Å². The van der Waals surface area contributed by atoms with Gasteiger partial charge in [-0.2, -0.15) is 5.10 Å². The Labute approximate surface area is 122 Å². The summed E-state index contributed by atoms with van der Waals surface area (Å²) >= 11 is 0. The number of hydrogen-bond acceptors (Lipinski definition) is 3. The molecule has 0 spiro atoms. The summed E-state index contributed by atoms with van der Waals surface area (Å²) in [5.41, 5.74) is 0.442. The lowest BCUT2D eigenvalue weighted by atomic mass is 9.70. The lowest BCUT2D eigenvalue weighted by molar-refractivity contribution is 0.152. The molecular formula is C16H28N4. The number of aryl methyl sites for hydroxylation is 1. The van der Waals surface area contributed by atoms with Crippen molar-refractivity contribution in [3.8, 4) is 0 Å². The van der Waals surface area contributed by atoms with E-state index in [9.17, 15) is 0 Å². The molecule has 2 fully saturated rings. The normalized spacial score (nSPS) is 32.1. The second kappa shape index (κ2) is 5.84.